The van der Waals surface area contributed by atoms with Crippen LogP contribution in [-0.2, 0) is 11.2 Å². The molecular formula is C24H31FN2O4. The molecule has 2 aromatic carbocycles. The quantitative estimate of drug-likeness (QED) is 0.655. The first kappa shape index (κ1) is 22.9. The lowest BCUT2D eigenvalue weighted by molar-refractivity contribution is -0.0830. The molecule has 0 aliphatic carbocycles. The molecule has 0 fully saturated rings. The minimum Gasteiger partial charge on any atom is -0.485 e. The smallest absolute Gasteiger partial charge is 0.404 e. The Bertz CT molecular complexity index is 938. The number of hydrogen-bond donors (Lipinski definition) is 3. The van der Waals surface area contributed by atoms with Crippen molar-refractivity contribution in [2.24, 2.45) is 5.73 Å². The standard InChI is InChI=1S/C24H31FN2O4/c1-23(2,3)27-16-10-11-17-18(13-16)31-24(4,5)21(28)20(17)19(30-22(26)29)12-14-6-8-15(25)9-7-14/h6-11,13,19-21,27-28H,12H2,1-5H3,(H2,26,29). The van der Waals surface area contributed by atoms with E-state index in [1.54, 1.807) is 26.0 Å². The van der Waals surface area contributed by atoms with E-state index in [2.05, 4.69) is 26.1 Å². The van der Waals surface area contributed by atoms with Gasteiger partial charge in [-0.3, -0.25) is 0 Å². The van der Waals surface area contributed by atoms with Crippen LogP contribution < -0.4 is 15.8 Å². The number of aliphatic hydroxyl groups excluding tert-OH is 1. The largest absolute Gasteiger partial charge is 0.485 e. The number of fused-ring (bicyclic) bond motifs is 1. The second-order valence-electron chi connectivity index (χ2n) is 9.61. The Labute approximate surface area is 182 Å². The SMILES string of the molecule is CC(C)(C)Nc1ccc2c(c1)OC(C)(C)C(O)C2C(Cc1ccc(F)cc1)OC(N)=O. The number of carbonyl (C=O) groups is 1. The third-order valence-corrected chi connectivity index (χ3v) is 5.34. The van der Waals surface area contributed by atoms with Crippen LogP contribution in [0.25, 0.3) is 0 Å². The first-order chi connectivity index (χ1) is 14.4. The lowest BCUT2D eigenvalue weighted by atomic mass is 9.76. The third-order valence-electron chi connectivity index (χ3n) is 5.34. The van der Waals surface area contributed by atoms with Crippen molar-refractivity contribution in [2.75, 3.05) is 5.32 Å². The van der Waals surface area contributed by atoms with Crippen LogP contribution in [0.1, 0.15) is 51.7 Å². The Kier molecular flexibility index (Phi) is 6.18. The Balaban J connectivity index is 2.03. The molecule has 3 rings (SSSR count). The van der Waals surface area contributed by atoms with Crippen LogP contribution in [0, 0.1) is 5.82 Å². The van der Waals surface area contributed by atoms with Gasteiger partial charge < -0.3 is 25.6 Å². The number of rotatable bonds is 5. The predicted octanol–water partition coefficient (Wildman–Crippen LogP) is 4.36. The zero-order valence-electron chi connectivity index (χ0n) is 18.6. The molecule has 0 bridgehead atoms. The summed E-state index contributed by atoms with van der Waals surface area (Å²) in [5.74, 6) is -0.334. The number of halogens is 1. The average molecular weight is 431 g/mol. The number of amides is 1. The van der Waals surface area contributed by atoms with Crippen LogP contribution in [0.4, 0.5) is 14.9 Å². The van der Waals surface area contributed by atoms with E-state index in [0.717, 1.165) is 16.8 Å². The van der Waals surface area contributed by atoms with Gasteiger partial charge in [0.2, 0.25) is 0 Å². The van der Waals surface area contributed by atoms with Crippen molar-refractivity contribution in [1.29, 1.82) is 0 Å². The Morgan fingerprint density at radius 3 is 2.48 bits per heavy atom. The van der Waals surface area contributed by atoms with E-state index >= 15 is 0 Å². The predicted molar refractivity (Wildman–Crippen MR) is 118 cm³/mol. The molecule has 4 N–H and O–H groups in total. The zero-order valence-corrected chi connectivity index (χ0v) is 18.6. The van der Waals surface area contributed by atoms with Gasteiger partial charge in [0.15, 0.2) is 0 Å². The van der Waals surface area contributed by atoms with Gasteiger partial charge in [-0.2, -0.15) is 0 Å². The maximum Gasteiger partial charge on any atom is 0.404 e. The van der Waals surface area contributed by atoms with Crippen molar-refractivity contribution in [3.05, 3.63) is 59.4 Å². The van der Waals surface area contributed by atoms with E-state index in [-0.39, 0.29) is 17.8 Å². The van der Waals surface area contributed by atoms with Crippen LogP contribution in [0.15, 0.2) is 42.5 Å². The summed E-state index contributed by atoms with van der Waals surface area (Å²) in [4.78, 5) is 11.7. The number of nitrogens with one attached hydrogen (secondary N) is 1. The van der Waals surface area contributed by atoms with E-state index in [1.807, 2.05) is 18.2 Å². The highest BCUT2D eigenvalue weighted by molar-refractivity contribution is 5.65. The molecule has 0 aromatic heterocycles. The van der Waals surface area contributed by atoms with Crippen LogP contribution in [-0.4, -0.2) is 34.5 Å². The highest BCUT2D eigenvalue weighted by atomic mass is 19.1. The zero-order chi connectivity index (χ0) is 23.0. The maximum absolute atomic E-state index is 13.3. The van der Waals surface area contributed by atoms with Crippen molar-refractivity contribution in [2.45, 2.75) is 70.3 Å². The molecule has 0 saturated carbocycles. The summed E-state index contributed by atoms with van der Waals surface area (Å²) in [6.07, 6.45) is -2.40. The number of anilines is 1. The summed E-state index contributed by atoms with van der Waals surface area (Å²) in [5.41, 5.74) is 6.65. The van der Waals surface area contributed by atoms with E-state index in [1.165, 1.54) is 12.1 Å². The molecule has 0 radical (unpaired) electrons. The summed E-state index contributed by atoms with van der Waals surface area (Å²) >= 11 is 0. The Hall–Kier alpha value is -2.80. The Morgan fingerprint density at radius 2 is 1.90 bits per heavy atom. The molecule has 0 spiro atoms. The van der Waals surface area contributed by atoms with Crippen LogP contribution in [0.3, 0.4) is 0 Å². The molecular weight excluding hydrogens is 399 g/mol. The summed E-state index contributed by atoms with van der Waals surface area (Å²) in [6.45, 7) is 9.75. The minimum atomic E-state index is -0.966. The van der Waals surface area contributed by atoms with Crippen molar-refractivity contribution < 1.29 is 23.8 Å². The molecule has 168 valence electrons. The molecule has 1 aliphatic rings. The van der Waals surface area contributed by atoms with Gasteiger partial charge in [0.1, 0.15) is 29.4 Å². The number of ether oxygens (including phenoxy) is 2. The average Bonchev–Trinajstić information content (AvgIpc) is 2.62. The normalized spacial score (nSPS) is 20.9. The van der Waals surface area contributed by atoms with Gasteiger partial charge in [-0.15, -0.1) is 0 Å². The van der Waals surface area contributed by atoms with Crippen LogP contribution in [0.2, 0.25) is 0 Å². The number of benzene rings is 2. The van der Waals surface area contributed by atoms with E-state index in [4.69, 9.17) is 15.2 Å². The fraction of sp³-hybridized carbons (Fsp3) is 0.458. The summed E-state index contributed by atoms with van der Waals surface area (Å²) in [6, 6.07) is 11.6. The highest BCUT2D eigenvalue weighted by Crippen LogP contribution is 2.45. The van der Waals surface area contributed by atoms with Gasteiger partial charge in [-0.25, -0.2) is 9.18 Å². The van der Waals surface area contributed by atoms with Crippen molar-refractivity contribution in [1.82, 2.24) is 0 Å². The number of aliphatic hydroxyl groups is 1. The van der Waals surface area contributed by atoms with Crippen molar-refractivity contribution >= 4 is 11.8 Å². The number of primary amides is 1. The summed E-state index contributed by atoms with van der Waals surface area (Å²) in [5, 5.41) is 14.6. The van der Waals surface area contributed by atoms with E-state index in [0.29, 0.717) is 5.75 Å². The van der Waals surface area contributed by atoms with Crippen LogP contribution in [0.5, 0.6) is 5.75 Å². The van der Waals surface area contributed by atoms with Gasteiger partial charge >= 0.3 is 6.09 Å². The summed E-state index contributed by atoms with van der Waals surface area (Å²) in [7, 11) is 0. The van der Waals surface area contributed by atoms with Gasteiger partial charge in [0.05, 0.1) is 5.92 Å². The molecule has 6 nitrogen and oxygen atoms in total. The van der Waals surface area contributed by atoms with Gasteiger partial charge in [-0.1, -0.05) is 18.2 Å². The van der Waals surface area contributed by atoms with Crippen LogP contribution >= 0.6 is 0 Å². The molecule has 2 aromatic rings. The highest BCUT2D eigenvalue weighted by Gasteiger charge is 2.47. The molecule has 0 saturated heterocycles. The van der Waals surface area contributed by atoms with Gasteiger partial charge in [-0.05, 0) is 58.4 Å². The second-order valence-corrected chi connectivity index (χ2v) is 9.61. The van der Waals surface area contributed by atoms with E-state index < -0.39 is 29.8 Å². The first-order valence-electron chi connectivity index (χ1n) is 10.4. The first-order valence-corrected chi connectivity index (χ1v) is 10.4. The Morgan fingerprint density at radius 1 is 1.26 bits per heavy atom. The molecule has 3 atom stereocenters. The molecule has 7 heteroatoms. The third kappa shape index (κ3) is 5.47. The molecule has 31 heavy (non-hydrogen) atoms. The minimum absolute atomic E-state index is 0.141. The monoisotopic (exact) mass is 430 g/mol. The summed E-state index contributed by atoms with van der Waals surface area (Å²) < 4.78 is 24.9. The lowest BCUT2D eigenvalue weighted by Gasteiger charge is -2.44. The van der Waals surface area contributed by atoms with Crippen molar-refractivity contribution in [3.8, 4) is 5.75 Å². The molecule has 1 aliphatic heterocycles. The van der Waals surface area contributed by atoms with Crippen molar-refractivity contribution in [3.63, 3.8) is 0 Å². The lowest BCUT2D eigenvalue weighted by Crippen LogP contribution is -2.53. The second kappa shape index (κ2) is 8.38. The molecule has 3 unspecified atom stereocenters. The number of carbonyl (C=O) groups excluding carboxylic acids is 1. The fourth-order valence-corrected chi connectivity index (χ4v) is 4.00. The fourth-order valence-electron chi connectivity index (χ4n) is 4.00. The molecule has 1 heterocycles. The number of hydrogen-bond acceptors (Lipinski definition) is 5. The maximum atomic E-state index is 13.3. The van der Waals surface area contributed by atoms with Gasteiger partial charge in [0.25, 0.3) is 0 Å². The number of nitrogens with two attached hydrogens (primary N) is 1. The van der Waals surface area contributed by atoms with Gasteiger partial charge in [0, 0.05) is 29.3 Å². The topological polar surface area (TPSA) is 93.8 Å². The van der Waals surface area contributed by atoms with E-state index in [9.17, 15) is 14.3 Å². The molecule has 1 amide bonds.